The Morgan fingerprint density at radius 1 is 1.45 bits per heavy atom. The maximum absolute atomic E-state index is 13.8. The van der Waals surface area contributed by atoms with E-state index in [2.05, 4.69) is 15.9 Å². The second kappa shape index (κ2) is 7.40. The summed E-state index contributed by atoms with van der Waals surface area (Å²) in [4.78, 5) is 23.2. The average Bonchev–Trinajstić information content (AvgIpc) is 2.30. The molecule has 0 aliphatic carbocycles. The van der Waals surface area contributed by atoms with E-state index in [1.54, 1.807) is 13.0 Å². The zero-order chi connectivity index (χ0) is 15.3. The minimum absolute atomic E-state index is 0.166. The molecule has 0 radical (unpaired) electrons. The molecule has 1 aromatic carbocycles. The molecule has 0 aliphatic heterocycles. The predicted octanol–water partition coefficient (Wildman–Crippen LogP) is 0.433. The van der Waals surface area contributed by atoms with E-state index in [-0.39, 0.29) is 26.0 Å². The summed E-state index contributed by atoms with van der Waals surface area (Å²) in [7, 11) is 1.30. The van der Waals surface area contributed by atoms with Gasteiger partial charge in [0.05, 0.1) is 13.1 Å². The first-order chi connectivity index (χ1) is 9.29. The quantitative estimate of drug-likeness (QED) is 0.757. The van der Waals surface area contributed by atoms with E-state index in [1.807, 2.05) is 0 Å². The number of benzene rings is 1. The molecular formula is C12H14BBrFNO4. The van der Waals surface area contributed by atoms with Crippen LogP contribution in [0.25, 0.3) is 0 Å². The first kappa shape index (κ1) is 16.6. The van der Waals surface area contributed by atoms with Crippen molar-refractivity contribution >= 4 is 40.8 Å². The molecule has 0 saturated heterocycles. The molecule has 0 saturated carbocycles. The summed E-state index contributed by atoms with van der Waals surface area (Å²) < 4.78 is 19.4. The molecule has 0 bridgehead atoms. The number of hydrogen-bond acceptors (Lipinski definition) is 4. The van der Waals surface area contributed by atoms with E-state index in [9.17, 15) is 14.0 Å². The summed E-state index contributed by atoms with van der Waals surface area (Å²) in [6, 6.07) is 3.16. The standard InChI is InChI=1S/C12H14BBrFNO4/c1-7-3-8(14)4-9(12(7)15)13-20-11(19)6-16(2)5-10(17)18/h3-4,13H,5-6H2,1-2H3,(H,17,18). The number of aryl methyl sites for hydroxylation is 1. The third-order valence-electron chi connectivity index (χ3n) is 2.49. The van der Waals surface area contributed by atoms with Gasteiger partial charge in [-0.1, -0.05) is 15.9 Å². The fraction of sp³-hybridized carbons (Fsp3) is 0.333. The number of carboxylic acids is 1. The van der Waals surface area contributed by atoms with Crippen LogP contribution in [0.3, 0.4) is 0 Å². The van der Waals surface area contributed by atoms with Crippen molar-refractivity contribution in [2.45, 2.75) is 6.92 Å². The van der Waals surface area contributed by atoms with Crippen LogP contribution >= 0.6 is 15.9 Å². The molecule has 0 spiro atoms. The van der Waals surface area contributed by atoms with Gasteiger partial charge in [0.1, 0.15) is 5.82 Å². The van der Waals surface area contributed by atoms with Crippen molar-refractivity contribution in [3.8, 4) is 0 Å². The van der Waals surface area contributed by atoms with Crippen LogP contribution < -0.4 is 5.46 Å². The molecule has 8 heteroatoms. The summed E-state index contributed by atoms with van der Waals surface area (Å²) in [6.07, 6.45) is 0. The highest BCUT2D eigenvalue weighted by atomic mass is 79.9. The summed E-state index contributed by atoms with van der Waals surface area (Å²) in [6.45, 7) is 1.19. The number of carboxylic acid groups (broad SMARTS) is 1. The van der Waals surface area contributed by atoms with Gasteiger partial charge in [-0.25, -0.2) is 4.39 Å². The molecule has 1 rings (SSSR count). The Morgan fingerprint density at radius 3 is 2.70 bits per heavy atom. The van der Waals surface area contributed by atoms with Crippen LogP contribution in [0.4, 0.5) is 4.39 Å². The van der Waals surface area contributed by atoms with E-state index >= 15 is 0 Å². The summed E-state index contributed by atoms with van der Waals surface area (Å²) in [5.41, 5.74) is 0.722. The lowest BCUT2D eigenvalue weighted by Gasteiger charge is -2.13. The summed E-state index contributed by atoms with van der Waals surface area (Å²) in [5, 5.41) is 8.55. The lowest BCUT2D eigenvalue weighted by molar-refractivity contribution is -0.139. The minimum Gasteiger partial charge on any atom is -0.534 e. The number of carbonyl (C=O) groups is 2. The Hall–Kier alpha value is -1.41. The Balaban J connectivity index is 2.55. The van der Waals surface area contributed by atoms with Crippen LogP contribution in [-0.4, -0.2) is 49.6 Å². The van der Waals surface area contributed by atoms with Gasteiger partial charge in [-0.05, 0) is 37.1 Å². The van der Waals surface area contributed by atoms with E-state index < -0.39 is 17.8 Å². The molecule has 20 heavy (non-hydrogen) atoms. The lowest BCUT2D eigenvalue weighted by atomic mass is 9.86. The summed E-state index contributed by atoms with van der Waals surface area (Å²) >= 11 is 3.24. The Morgan fingerprint density at radius 2 is 2.10 bits per heavy atom. The third-order valence-corrected chi connectivity index (χ3v) is 2.95. The molecule has 1 aromatic rings. The molecule has 5 nitrogen and oxygen atoms in total. The monoisotopic (exact) mass is 345 g/mol. The number of hydrogen-bond donors (Lipinski definition) is 1. The topological polar surface area (TPSA) is 66.8 Å². The van der Waals surface area contributed by atoms with Crippen molar-refractivity contribution in [2.75, 3.05) is 20.1 Å². The van der Waals surface area contributed by atoms with Crippen molar-refractivity contribution in [2.24, 2.45) is 0 Å². The van der Waals surface area contributed by atoms with Crippen LogP contribution in [0.2, 0.25) is 0 Å². The summed E-state index contributed by atoms with van der Waals surface area (Å²) in [5.74, 6) is -2.06. The van der Waals surface area contributed by atoms with Crippen LogP contribution in [0.5, 0.6) is 0 Å². The maximum Gasteiger partial charge on any atom is 0.380 e. The van der Waals surface area contributed by atoms with E-state index in [0.717, 1.165) is 0 Å². The van der Waals surface area contributed by atoms with Crippen molar-refractivity contribution in [1.82, 2.24) is 4.90 Å². The first-order valence-corrected chi connectivity index (χ1v) is 6.59. The van der Waals surface area contributed by atoms with Gasteiger partial charge < -0.3 is 9.76 Å². The highest BCUT2D eigenvalue weighted by Crippen LogP contribution is 2.12. The fourth-order valence-corrected chi connectivity index (χ4v) is 2.23. The molecule has 0 unspecified atom stereocenters. The van der Waals surface area contributed by atoms with Gasteiger partial charge in [0.2, 0.25) is 0 Å². The van der Waals surface area contributed by atoms with Gasteiger partial charge >= 0.3 is 19.4 Å². The zero-order valence-electron chi connectivity index (χ0n) is 11.2. The predicted molar refractivity (Wildman–Crippen MR) is 76.8 cm³/mol. The fourth-order valence-electron chi connectivity index (χ4n) is 1.61. The smallest absolute Gasteiger partial charge is 0.380 e. The molecule has 1 N–H and O–H groups in total. The van der Waals surface area contributed by atoms with E-state index in [1.165, 1.54) is 18.0 Å². The first-order valence-electron chi connectivity index (χ1n) is 5.80. The minimum atomic E-state index is -1.03. The average molecular weight is 346 g/mol. The van der Waals surface area contributed by atoms with Crippen molar-refractivity contribution in [3.05, 3.63) is 28.0 Å². The van der Waals surface area contributed by atoms with E-state index in [0.29, 0.717) is 10.0 Å². The van der Waals surface area contributed by atoms with Crippen LogP contribution in [0.15, 0.2) is 16.6 Å². The second-order valence-corrected chi connectivity index (χ2v) is 5.34. The largest absolute Gasteiger partial charge is 0.534 e. The van der Waals surface area contributed by atoms with Crippen molar-refractivity contribution < 1.29 is 23.7 Å². The van der Waals surface area contributed by atoms with Crippen LogP contribution in [-0.2, 0) is 14.2 Å². The molecule has 0 fully saturated rings. The van der Waals surface area contributed by atoms with Gasteiger partial charge in [0.25, 0.3) is 0 Å². The van der Waals surface area contributed by atoms with Crippen molar-refractivity contribution in [3.63, 3.8) is 0 Å². The van der Waals surface area contributed by atoms with Gasteiger partial charge in [0.15, 0.2) is 0 Å². The number of likely N-dealkylation sites (N-methyl/N-ethyl adjacent to an activating group) is 1. The van der Waals surface area contributed by atoms with Gasteiger partial charge in [-0.3, -0.25) is 14.5 Å². The Labute approximate surface area is 125 Å². The number of aliphatic carboxylic acids is 1. The van der Waals surface area contributed by atoms with Gasteiger partial charge in [0, 0.05) is 4.47 Å². The molecule has 0 aromatic heterocycles. The molecule has 0 atom stereocenters. The normalized spacial score (nSPS) is 10.4. The number of rotatable bonds is 6. The highest BCUT2D eigenvalue weighted by molar-refractivity contribution is 9.10. The van der Waals surface area contributed by atoms with E-state index in [4.69, 9.17) is 9.76 Å². The Kier molecular flexibility index (Phi) is 6.16. The zero-order valence-corrected chi connectivity index (χ0v) is 12.7. The SMILES string of the molecule is Cc1cc(Br)cc(BOC(=O)CN(C)CC(=O)O)c1F. The molecule has 108 valence electrons. The Bertz CT molecular complexity index is 526. The van der Waals surface area contributed by atoms with Crippen LogP contribution in [0.1, 0.15) is 5.56 Å². The molecule has 0 amide bonds. The highest BCUT2D eigenvalue weighted by Gasteiger charge is 2.14. The van der Waals surface area contributed by atoms with Crippen LogP contribution in [0, 0.1) is 12.7 Å². The molecule has 0 aliphatic rings. The maximum atomic E-state index is 13.8. The van der Waals surface area contributed by atoms with Gasteiger partial charge in [-0.2, -0.15) is 0 Å². The lowest BCUT2D eigenvalue weighted by Crippen LogP contribution is -2.34. The third kappa shape index (κ3) is 5.30. The second-order valence-electron chi connectivity index (χ2n) is 4.42. The molecule has 0 heterocycles. The molecular weight excluding hydrogens is 332 g/mol. The van der Waals surface area contributed by atoms with Crippen molar-refractivity contribution in [1.29, 1.82) is 0 Å². The number of nitrogens with zero attached hydrogens (tertiary/aromatic N) is 1. The van der Waals surface area contributed by atoms with Gasteiger partial charge in [-0.15, -0.1) is 0 Å². The number of carbonyl (C=O) groups excluding carboxylic acids is 1. The number of halogens is 2.